The Balaban J connectivity index is 2.49. The van der Waals surface area contributed by atoms with E-state index in [0.29, 0.717) is 0 Å². The van der Waals surface area contributed by atoms with Crippen LogP contribution in [0.25, 0.3) is 5.69 Å². The summed E-state index contributed by atoms with van der Waals surface area (Å²) in [5.41, 5.74) is -0.426. The van der Waals surface area contributed by atoms with E-state index in [1.807, 2.05) is 0 Å². The molecule has 0 spiro atoms. The number of hydrogen-bond acceptors (Lipinski definition) is 3. The predicted octanol–water partition coefficient (Wildman–Crippen LogP) is 2.13. The second kappa shape index (κ2) is 5.27. The van der Waals surface area contributed by atoms with Gasteiger partial charge in [0.1, 0.15) is 11.5 Å². The predicted molar refractivity (Wildman–Crippen MR) is 67.3 cm³/mol. The second-order valence-electron chi connectivity index (χ2n) is 3.66. The number of aromatic nitrogens is 2. The summed E-state index contributed by atoms with van der Waals surface area (Å²) in [4.78, 5) is 23.2. The molecule has 19 heavy (non-hydrogen) atoms. The molecule has 0 radical (unpaired) electrons. The molecule has 1 heterocycles. The standard InChI is InChI=1S/C12H10ClFN2O3/c1-2-19-12(18)9-6-11(17)16(15-9)10-5-7(14)3-4-8(10)13/h3-6,15H,2H2,1H3. The van der Waals surface area contributed by atoms with E-state index in [-0.39, 0.29) is 23.0 Å². The normalized spacial score (nSPS) is 10.5. The molecule has 7 heteroatoms. The van der Waals surface area contributed by atoms with Crippen molar-refractivity contribution in [3.8, 4) is 5.69 Å². The van der Waals surface area contributed by atoms with Gasteiger partial charge in [0.25, 0.3) is 5.56 Å². The lowest BCUT2D eigenvalue weighted by Crippen LogP contribution is -2.14. The molecule has 1 N–H and O–H groups in total. The highest BCUT2D eigenvalue weighted by Gasteiger charge is 2.14. The summed E-state index contributed by atoms with van der Waals surface area (Å²) >= 11 is 5.89. The number of ether oxygens (including phenoxy) is 1. The molecule has 0 aliphatic heterocycles. The molecule has 0 unspecified atom stereocenters. The van der Waals surface area contributed by atoms with Crippen molar-refractivity contribution >= 4 is 17.6 Å². The SMILES string of the molecule is CCOC(=O)c1cc(=O)n(-c2cc(F)ccc2Cl)[nH]1. The zero-order valence-electron chi connectivity index (χ0n) is 9.94. The molecule has 0 aliphatic rings. The smallest absolute Gasteiger partial charge is 0.356 e. The van der Waals surface area contributed by atoms with E-state index in [2.05, 4.69) is 5.10 Å². The first kappa shape index (κ1) is 13.4. The van der Waals surface area contributed by atoms with Crippen molar-refractivity contribution in [1.82, 2.24) is 9.78 Å². The van der Waals surface area contributed by atoms with Crippen molar-refractivity contribution in [2.24, 2.45) is 0 Å². The number of halogens is 2. The first-order valence-corrected chi connectivity index (χ1v) is 5.85. The van der Waals surface area contributed by atoms with Crippen molar-refractivity contribution in [3.63, 3.8) is 0 Å². The number of esters is 1. The summed E-state index contributed by atoms with van der Waals surface area (Å²) < 4.78 is 18.9. The fourth-order valence-corrected chi connectivity index (χ4v) is 1.75. The summed E-state index contributed by atoms with van der Waals surface area (Å²) in [6, 6.07) is 4.66. The fraction of sp³-hybridized carbons (Fsp3) is 0.167. The minimum absolute atomic E-state index is 0.0211. The van der Waals surface area contributed by atoms with Crippen LogP contribution >= 0.6 is 11.6 Å². The van der Waals surface area contributed by atoms with Gasteiger partial charge in [-0.25, -0.2) is 13.9 Å². The fourth-order valence-electron chi connectivity index (χ4n) is 1.55. The number of H-pyrrole nitrogens is 1. The van der Waals surface area contributed by atoms with Crippen molar-refractivity contribution in [1.29, 1.82) is 0 Å². The number of aromatic amines is 1. The van der Waals surface area contributed by atoms with Crippen LogP contribution in [0.2, 0.25) is 5.02 Å². The third-order valence-electron chi connectivity index (χ3n) is 2.36. The average Bonchev–Trinajstić information content (AvgIpc) is 2.75. The number of hydrogen-bond donors (Lipinski definition) is 1. The maximum atomic E-state index is 13.2. The molecule has 0 amide bonds. The lowest BCUT2D eigenvalue weighted by atomic mass is 10.3. The second-order valence-corrected chi connectivity index (χ2v) is 4.07. The lowest BCUT2D eigenvalue weighted by Gasteiger charge is -2.04. The number of rotatable bonds is 3. The third kappa shape index (κ3) is 2.68. The molecule has 1 aromatic heterocycles. The highest BCUT2D eigenvalue weighted by atomic mass is 35.5. The summed E-state index contributed by atoms with van der Waals surface area (Å²) in [6.45, 7) is 1.84. The quantitative estimate of drug-likeness (QED) is 0.878. The Morgan fingerprint density at radius 3 is 2.89 bits per heavy atom. The Kier molecular flexibility index (Phi) is 3.71. The molecule has 0 saturated heterocycles. The van der Waals surface area contributed by atoms with E-state index in [9.17, 15) is 14.0 Å². The van der Waals surface area contributed by atoms with Gasteiger partial charge < -0.3 is 4.74 Å². The van der Waals surface area contributed by atoms with E-state index in [1.165, 1.54) is 12.1 Å². The molecular formula is C12H10ClFN2O3. The van der Waals surface area contributed by atoms with Gasteiger partial charge in [0.2, 0.25) is 0 Å². The molecule has 2 rings (SSSR count). The first-order valence-electron chi connectivity index (χ1n) is 5.47. The van der Waals surface area contributed by atoms with Crippen LogP contribution in [0.1, 0.15) is 17.4 Å². The Hall–Kier alpha value is -2.08. The molecule has 0 atom stereocenters. The van der Waals surface area contributed by atoms with Crippen LogP contribution in [-0.4, -0.2) is 22.4 Å². The Labute approximate surface area is 112 Å². The van der Waals surface area contributed by atoms with E-state index >= 15 is 0 Å². The van der Waals surface area contributed by atoms with E-state index in [0.717, 1.165) is 16.8 Å². The molecule has 0 aliphatic carbocycles. The van der Waals surface area contributed by atoms with Crippen molar-refractivity contribution in [2.45, 2.75) is 6.92 Å². The van der Waals surface area contributed by atoms with E-state index in [4.69, 9.17) is 16.3 Å². The highest BCUT2D eigenvalue weighted by Crippen LogP contribution is 2.19. The average molecular weight is 285 g/mol. The van der Waals surface area contributed by atoms with Gasteiger partial charge in [-0.2, -0.15) is 0 Å². The maximum Gasteiger partial charge on any atom is 0.356 e. The molecule has 0 fully saturated rings. The van der Waals surface area contributed by atoms with Gasteiger partial charge in [0.05, 0.1) is 17.3 Å². The number of carbonyl (C=O) groups excluding carboxylic acids is 1. The van der Waals surface area contributed by atoms with E-state index < -0.39 is 17.3 Å². The minimum atomic E-state index is -0.661. The molecular weight excluding hydrogens is 275 g/mol. The van der Waals surface area contributed by atoms with Crippen molar-refractivity contribution < 1.29 is 13.9 Å². The maximum absolute atomic E-state index is 13.2. The number of carbonyl (C=O) groups is 1. The number of nitrogens with zero attached hydrogens (tertiary/aromatic N) is 1. The van der Waals surface area contributed by atoms with Crippen molar-refractivity contribution in [3.05, 3.63) is 51.2 Å². The highest BCUT2D eigenvalue weighted by molar-refractivity contribution is 6.32. The minimum Gasteiger partial charge on any atom is -0.461 e. The molecule has 1 aromatic carbocycles. The Morgan fingerprint density at radius 2 is 2.21 bits per heavy atom. The Bertz CT molecular complexity index is 678. The van der Waals surface area contributed by atoms with Gasteiger partial charge in [-0.15, -0.1) is 0 Å². The molecule has 100 valence electrons. The monoisotopic (exact) mass is 284 g/mol. The Morgan fingerprint density at radius 1 is 1.47 bits per heavy atom. The van der Waals surface area contributed by atoms with Gasteiger partial charge in [0.15, 0.2) is 0 Å². The van der Waals surface area contributed by atoms with Crippen LogP contribution in [0.3, 0.4) is 0 Å². The zero-order valence-corrected chi connectivity index (χ0v) is 10.7. The molecule has 2 aromatic rings. The largest absolute Gasteiger partial charge is 0.461 e. The number of nitrogens with one attached hydrogen (secondary N) is 1. The van der Waals surface area contributed by atoms with Gasteiger partial charge >= 0.3 is 5.97 Å². The van der Waals surface area contributed by atoms with Crippen LogP contribution < -0.4 is 5.56 Å². The van der Waals surface area contributed by atoms with Crippen LogP contribution in [0, 0.1) is 5.82 Å². The first-order chi connectivity index (χ1) is 9.02. The third-order valence-corrected chi connectivity index (χ3v) is 2.68. The van der Waals surface area contributed by atoms with Crippen LogP contribution in [0.15, 0.2) is 29.1 Å². The van der Waals surface area contributed by atoms with Crippen molar-refractivity contribution in [2.75, 3.05) is 6.61 Å². The summed E-state index contributed by atoms with van der Waals surface area (Å²) in [6.07, 6.45) is 0. The van der Waals surface area contributed by atoms with E-state index in [1.54, 1.807) is 6.92 Å². The number of benzene rings is 1. The van der Waals surface area contributed by atoms with Gasteiger partial charge in [-0.05, 0) is 19.1 Å². The zero-order chi connectivity index (χ0) is 14.0. The molecule has 0 saturated carbocycles. The van der Waals surface area contributed by atoms with Gasteiger partial charge in [0, 0.05) is 12.1 Å². The lowest BCUT2D eigenvalue weighted by molar-refractivity contribution is 0.0519. The summed E-state index contributed by atoms with van der Waals surface area (Å²) in [5, 5.41) is 2.71. The molecule has 5 nitrogen and oxygen atoms in total. The summed E-state index contributed by atoms with van der Waals surface area (Å²) in [7, 11) is 0. The molecule has 0 bridgehead atoms. The summed E-state index contributed by atoms with van der Waals surface area (Å²) in [5.74, 6) is -1.20. The van der Waals surface area contributed by atoms with Crippen LogP contribution in [0.4, 0.5) is 4.39 Å². The van der Waals surface area contributed by atoms with Gasteiger partial charge in [-0.3, -0.25) is 9.89 Å². The van der Waals surface area contributed by atoms with Crippen LogP contribution in [0.5, 0.6) is 0 Å². The van der Waals surface area contributed by atoms with Crippen LogP contribution in [-0.2, 0) is 4.74 Å². The van der Waals surface area contributed by atoms with Gasteiger partial charge in [-0.1, -0.05) is 11.6 Å². The topological polar surface area (TPSA) is 64.1 Å².